The number of para-hydroxylation sites is 1. The predicted molar refractivity (Wildman–Crippen MR) is 98.7 cm³/mol. The molecule has 8 nitrogen and oxygen atoms in total. The van der Waals surface area contributed by atoms with Gasteiger partial charge in [0.1, 0.15) is 5.60 Å². The molecule has 2 aliphatic heterocycles. The van der Waals surface area contributed by atoms with E-state index in [1.807, 2.05) is 30.3 Å². The molecule has 0 aliphatic carbocycles. The van der Waals surface area contributed by atoms with E-state index in [4.69, 9.17) is 4.74 Å². The standard InChI is InChI=1S/C19H25N5O3/c25-18(17-12-24(21-20-17)16-6-2-1-3-7-16)23-10-11-27-15-19(26,14-23)13-22-8-4-5-9-22/h1-3,6-7,12,26H,4-5,8-11,13-15H2. The van der Waals surface area contributed by atoms with Crippen molar-refractivity contribution in [3.05, 3.63) is 42.2 Å². The van der Waals surface area contributed by atoms with Gasteiger partial charge in [0, 0.05) is 13.1 Å². The van der Waals surface area contributed by atoms with E-state index in [0.29, 0.717) is 19.7 Å². The van der Waals surface area contributed by atoms with Gasteiger partial charge in [0.05, 0.1) is 31.6 Å². The number of rotatable bonds is 4. The van der Waals surface area contributed by atoms with Crippen LogP contribution >= 0.6 is 0 Å². The van der Waals surface area contributed by atoms with Gasteiger partial charge in [-0.1, -0.05) is 23.4 Å². The lowest BCUT2D eigenvalue weighted by atomic mass is 10.0. The highest BCUT2D eigenvalue weighted by Gasteiger charge is 2.37. The Morgan fingerprint density at radius 3 is 2.74 bits per heavy atom. The molecule has 1 N–H and O–H groups in total. The van der Waals surface area contributed by atoms with E-state index in [1.165, 1.54) is 0 Å². The number of hydrogen-bond acceptors (Lipinski definition) is 6. The number of β-amino-alcohol motifs (C(OH)–C–C–N with tert-alkyl or cyclic N) is 1. The maximum atomic E-state index is 13.0. The van der Waals surface area contributed by atoms with E-state index in [-0.39, 0.29) is 24.8 Å². The number of aromatic nitrogens is 3. The molecule has 2 aliphatic rings. The van der Waals surface area contributed by atoms with E-state index >= 15 is 0 Å². The number of carbonyl (C=O) groups excluding carboxylic acids is 1. The average Bonchev–Trinajstić information content (AvgIpc) is 3.33. The molecule has 0 radical (unpaired) electrons. The highest BCUT2D eigenvalue weighted by molar-refractivity contribution is 5.92. The first-order valence-corrected chi connectivity index (χ1v) is 9.43. The van der Waals surface area contributed by atoms with Crippen LogP contribution in [0.25, 0.3) is 5.69 Å². The zero-order valence-corrected chi connectivity index (χ0v) is 15.3. The first-order valence-electron chi connectivity index (χ1n) is 9.43. The normalized spacial score (nSPS) is 24.1. The van der Waals surface area contributed by atoms with Gasteiger partial charge in [-0.25, -0.2) is 4.68 Å². The van der Waals surface area contributed by atoms with Crippen LogP contribution in [-0.4, -0.2) is 87.3 Å². The molecule has 0 saturated carbocycles. The lowest BCUT2D eigenvalue weighted by Gasteiger charge is -2.33. The van der Waals surface area contributed by atoms with E-state index in [9.17, 15) is 9.90 Å². The molecule has 2 saturated heterocycles. The van der Waals surface area contributed by atoms with Gasteiger partial charge in [-0.3, -0.25) is 4.79 Å². The molecule has 4 rings (SSSR count). The molecule has 1 unspecified atom stereocenters. The van der Waals surface area contributed by atoms with E-state index in [2.05, 4.69) is 15.2 Å². The van der Waals surface area contributed by atoms with Crippen LogP contribution in [0.3, 0.4) is 0 Å². The third-order valence-corrected chi connectivity index (χ3v) is 5.10. The van der Waals surface area contributed by atoms with Crippen molar-refractivity contribution in [1.29, 1.82) is 0 Å². The topological polar surface area (TPSA) is 83.7 Å². The summed E-state index contributed by atoms with van der Waals surface area (Å²) in [5.74, 6) is -0.234. The van der Waals surface area contributed by atoms with E-state index in [0.717, 1.165) is 31.6 Å². The number of likely N-dealkylation sites (tertiary alicyclic amines) is 1. The summed E-state index contributed by atoms with van der Waals surface area (Å²) in [6, 6.07) is 9.53. The van der Waals surface area contributed by atoms with Crippen molar-refractivity contribution >= 4 is 5.91 Å². The van der Waals surface area contributed by atoms with Crippen LogP contribution in [0.1, 0.15) is 23.3 Å². The number of amides is 1. The summed E-state index contributed by atoms with van der Waals surface area (Å²) in [5, 5.41) is 19.2. The van der Waals surface area contributed by atoms with Gasteiger partial charge in [-0.15, -0.1) is 5.10 Å². The van der Waals surface area contributed by atoms with E-state index in [1.54, 1.807) is 15.8 Å². The third-order valence-electron chi connectivity index (χ3n) is 5.10. The fourth-order valence-corrected chi connectivity index (χ4v) is 3.77. The molecular weight excluding hydrogens is 346 g/mol. The smallest absolute Gasteiger partial charge is 0.276 e. The molecule has 0 bridgehead atoms. The molecule has 2 aromatic rings. The summed E-state index contributed by atoms with van der Waals surface area (Å²) in [5.41, 5.74) is 0.0458. The van der Waals surface area contributed by atoms with Gasteiger partial charge in [-0.05, 0) is 38.1 Å². The molecule has 27 heavy (non-hydrogen) atoms. The fourth-order valence-electron chi connectivity index (χ4n) is 3.77. The third kappa shape index (κ3) is 4.18. The minimum Gasteiger partial charge on any atom is -0.384 e. The highest BCUT2D eigenvalue weighted by Crippen LogP contribution is 2.19. The Kier molecular flexibility index (Phi) is 5.20. The van der Waals surface area contributed by atoms with Crippen LogP contribution in [-0.2, 0) is 4.74 Å². The Bertz CT molecular complexity index is 775. The summed E-state index contributed by atoms with van der Waals surface area (Å²) < 4.78 is 7.18. The number of nitrogens with zero attached hydrogens (tertiary/aromatic N) is 5. The summed E-state index contributed by atoms with van der Waals surface area (Å²) in [6.45, 7) is 3.81. The Balaban J connectivity index is 1.48. The number of aliphatic hydroxyl groups is 1. The number of ether oxygens (including phenoxy) is 1. The summed E-state index contributed by atoms with van der Waals surface area (Å²) >= 11 is 0. The molecule has 1 atom stereocenters. The maximum absolute atomic E-state index is 13.0. The highest BCUT2D eigenvalue weighted by atomic mass is 16.5. The van der Waals surface area contributed by atoms with Crippen molar-refractivity contribution in [1.82, 2.24) is 24.8 Å². The Hall–Kier alpha value is -2.29. The van der Waals surface area contributed by atoms with Crippen molar-refractivity contribution in [3.63, 3.8) is 0 Å². The second-order valence-corrected chi connectivity index (χ2v) is 7.37. The van der Waals surface area contributed by atoms with Crippen LogP contribution in [0.5, 0.6) is 0 Å². The van der Waals surface area contributed by atoms with Crippen LogP contribution in [0.4, 0.5) is 0 Å². The minimum atomic E-state index is -1.06. The summed E-state index contributed by atoms with van der Waals surface area (Å²) in [6.07, 6.45) is 3.94. The van der Waals surface area contributed by atoms with Crippen LogP contribution in [0.2, 0.25) is 0 Å². The molecule has 2 fully saturated rings. The SMILES string of the molecule is O=C(c1cn(-c2ccccc2)nn1)N1CCOCC(O)(CN2CCCC2)C1. The van der Waals surface area contributed by atoms with Crippen molar-refractivity contribution in [3.8, 4) is 5.69 Å². The molecule has 3 heterocycles. The molecule has 1 aromatic carbocycles. The quantitative estimate of drug-likeness (QED) is 0.846. The first-order chi connectivity index (χ1) is 13.1. The Labute approximate surface area is 158 Å². The molecule has 8 heteroatoms. The monoisotopic (exact) mass is 371 g/mol. The Morgan fingerprint density at radius 2 is 1.96 bits per heavy atom. The number of benzene rings is 1. The second kappa shape index (κ2) is 7.75. The van der Waals surface area contributed by atoms with Crippen molar-refractivity contribution in [2.45, 2.75) is 18.4 Å². The molecule has 0 spiro atoms. The second-order valence-electron chi connectivity index (χ2n) is 7.37. The van der Waals surface area contributed by atoms with E-state index < -0.39 is 5.60 Å². The first kappa shape index (κ1) is 18.1. The van der Waals surface area contributed by atoms with Crippen molar-refractivity contribution in [2.75, 3.05) is 45.9 Å². The zero-order valence-electron chi connectivity index (χ0n) is 15.3. The summed E-state index contributed by atoms with van der Waals surface area (Å²) in [7, 11) is 0. The lowest BCUT2D eigenvalue weighted by molar-refractivity contribution is -0.0524. The van der Waals surface area contributed by atoms with Crippen molar-refractivity contribution < 1.29 is 14.6 Å². The van der Waals surface area contributed by atoms with Gasteiger partial charge in [-0.2, -0.15) is 0 Å². The van der Waals surface area contributed by atoms with Crippen molar-refractivity contribution in [2.24, 2.45) is 0 Å². The van der Waals surface area contributed by atoms with Crippen LogP contribution < -0.4 is 0 Å². The molecule has 1 amide bonds. The van der Waals surface area contributed by atoms with Crippen LogP contribution in [0, 0.1) is 0 Å². The average molecular weight is 371 g/mol. The number of hydrogen-bond donors (Lipinski definition) is 1. The Morgan fingerprint density at radius 1 is 1.19 bits per heavy atom. The summed E-state index contributed by atoms with van der Waals surface area (Å²) in [4.78, 5) is 16.8. The molecule has 1 aromatic heterocycles. The molecular formula is C19H25N5O3. The largest absolute Gasteiger partial charge is 0.384 e. The van der Waals surface area contributed by atoms with Gasteiger partial charge in [0.15, 0.2) is 5.69 Å². The predicted octanol–water partition coefficient (Wildman–Crippen LogP) is 0.567. The fraction of sp³-hybridized carbons (Fsp3) is 0.526. The lowest BCUT2D eigenvalue weighted by Crippen LogP contribution is -2.53. The van der Waals surface area contributed by atoms with Crippen LogP contribution in [0.15, 0.2) is 36.5 Å². The zero-order chi connectivity index (χ0) is 18.7. The maximum Gasteiger partial charge on any atom is 0.276 e. The van der Waals surface area contributed by atoms with Gasteiger partial charge >= 0.3 is 0 Å². The van der Waals surface area contributed by atoms with Gasteiger partial charge in [0.2, 0.25) is 0 Å². The number of carbonyl (C=O) groups is 1. The minimum absolute atomic E-state index is 0.234. The van der Waals surface area contributed by atoms with Gasteiger partial charge in [0.25, 0.3) is 5.91 Å². The molecule has 144 valence electrons. The van der Waals surface area contributed by atoms with Gasteiger partial charge < -0.3 is 19.6 Å².